The van der Waals surface area contributed by atoms with E-state index in [1.807, 2.05) is 30.3 Å². The summed E-state index contributed by atoms with van der Waals surface area (Å²) in [5.41, 5.74) is 2.30. The number of carbonyl (C=O) groups excluding carboxylic acids is 2. The van der Waals surface area contributed by atoms with E-state index in [0.717, 1.165) is 5.56 Å². The van der Waals surface area contributed by atoms with Crippen molar-refractivity contribution in [2.45, 2.75) is 19.6 Å². The van der Waals surface area contributed by atoms with E-state index in [0.29, 0.717) is 29.3 Å². The molecule has 1 amide bonds. The van der Waals surface area contributed by atoms with Crippen LogP contribution in [0.1, 0.15) is 28.4 Å². The maximum atomic E-state index is 13.8. The summed E-state index contributed by atoms with van der Waals surface area (Å²) in [4.78, 5) is 32.2. The molecule has 1 atom stereocenters. The summed E-state index contributed by atoms with van der Waals surface area (Å²) >= 11 is 0. The van der Waals surface area contributed by atoms with Gasteiger partial charge in [-0.25, -0.2) is 4.39 Å². The fourth-order valence-corrected chi connectivity index (χ4v) is 4.31. The van der Waals surface area contributed by atoms with Crippen molar-refractivity contribution >= 4 is 23.1 Å². The Bertz CT molecular complexity index is 1490. The first-order valence-electron chi connectivity index (χ1n) is 11.7. The van der Waals surface area contributed by atoms with E-state index in [-0.39, 0.29) is 16.9 Å². The Hall–Kier alpha value is -4.78. The highest BCUT2D eigenvalue weighted by Crippen LogP contribution is 2.41. The smallest absolute Gasteiger partial charge is 0.300 e. The number of anilines is 1. The summed E-state index contributed by atoms with van der Waals surface area (Å²) in [6.45, 7) is 1.94. The summed E-state index contributed by atoms with van der Waals surface area (Å²) in [6, 6.07) is 24.7. The minimum Gasteiger partial charge on any atom is -0.507 e. The molecule has 2 heterocycles. The fraction of sp³-hybridized carbons (Fsp3) is 0.100. The molecule has 4 aromatic rings. The van der Waals surface area contributed by atoms with Crippen molar-refractivity contribution < 1.29 is 23.8 Å². The largest absolute Gasteiger partial charge is 0.507 e. The molecule has 0 radical (unpaired) electrons. The van der Waals surface area contributed by atoms with E-state index in [1.165, 1.54) is 23.1 Å². The van der Waals surface area contributed by atoms with E-state index < -0.39 is 23.5 Å². The van der Waals surface area contributed by atoms with Crippen LogP contribution in [0.15, 0.2) is 103 Å². The number of aromatic nitrogens is 1. The zero-order valence-corrected chi connectivity index (χ0v) is 20.0. The zero-order chi connectivity index (χ0) is 25.9. The van der Waals surface area contributed by atoms with Gasteiger partial charge in [-0.1, -0.05) is 36.4 Å². The predicted octanol–water partition coefficient (Wildman–Crippen LogP) is 5.73. The topological polar surface area (TPSA) is 79.7 Å². The SMILES string of the molecule is Cc1cc(/C(O)=C2/C(=O)C(=O)N(c3ccc(OCc4ccccc4)cc3)C2c2ccccn2)ccc1F. The van der Waals surface area contributed by atoms with Crippen molar-refractivity contribution in [1.82, 2.24) is 4.98 Å². The summed E-state index contributed by atoms with van der Waals surface area (Å²) in [7, 11) is 0. The number of amides is 1. The molecule has 1 aliphatic heterocycles. The molecule has 1 saturated heterocycles. The number of nitrogens with zero attached hydrogens (tertiary/aromatic N) is 2. The van der Waals surface area contributed by atoms with Crippen LogP contribution in [0.5, 0.6) is 5.75 Å². The minimum atomic E-state index is -0.970. The van der Waals surface area contributed by atoms with Crippen LogP contribution in [0.4, 0.5) is 10.1 Å². The standard InChI is InChI=1S/C30H23FN2O4/c1-19-17-21(10-15-24(19)31)28(34)26-27(25-9-5-6-16-32-25)33(30(36)29(26)35)22-11-13-23(14-12-22)37-18-20-7-3-2-4-8-20/h2-17,27,34H,18H2,1H3/b28-26-. The van der Waals surface area contributed by atoms with Gasteiger partial charge in [-0.15, -0.1) is 0 Å². The lowest BCUT2D eigenvalue weighted by Crippen LogP contribution is -2.29. The molecule has 1 aromatic heterocycles. The van der Waals surface area contributed by atoms with Gasteiger partial charge < -0.3 is 9.84 Å². The van der Waals surface area contributed by atoms with Gasteiger partial charge in [0.15, 0.2) is 0 Å². The zero-order valence-electron chi connectivity index (χ0n) is 20.0. The number of Topliss-reactive ketones (excluding diaryl/α,β-unsaturated/α-hetero) is 1. The van der Waals surface area contributed by atoms with Crippen molar-refractivity contribution in [2.24, 2.45) is 0 Å². The normalized spacial score (nSPS) is 16.7. The highest BCUT2D eigenvalue weighted by Gasteiger charge is 2.47. The van der Waals surface area contributed by atoms with E-state index in [2.05, 4.69) is 4.98 Å². The van der Waals surface area contributed by atoms with Crippen LogP contribution >= 0.6 is 0 Å². The lowest BCUT2D eigenvalue weighted by molar-refractivity contribution is -0.132. The molecule has 6 nitrogen and oxygen atoms in total. The molecule has 184 valence electrons. The Morgan fingerprint density at radius 2 is 1.70 bits per heavy atom. The monoisotopic (exact) mass is 494 g/mol. The van der Waals surface area contributed by atoms with Crippen molar-refractivity contribution in [3.63, 3.8) is 0 Å². The van der Waals surface area contributed by atoms with E-state index >= 15 is 0 Å². The van der Waals surface area contributed by atoms with Gasteiger partial charge in [0.05, 0.1) is 11.3 Å². The highest BCUT2D eigenvalue weighted by atomic mass is 19.1. The number of aliphatic hydroxyl groups excluding tert-OH is 1. The van der Waals surface area contributed by atoms with Crippen LogP contribution in [0, 0.1) is 12.7 Å². The molecular formula is C30H23FN2O4. The Balaban J connectivity index is 1.53. The van der Waals surface area contributed by atoms with Crippen LogP contribution in [0.25, 0.3) is 5.76 Å². The second-order valence-electron chi connectivity index (χ2n) is 8.66. The molecule has 0 saturated carbocycles. The molecule has 1 fully saturated rings. The molecule has 0 aliphatic carbocycles. The third-order valence-corrected chi connectivity index (χ3v) is 6.21. The lowest BCUT2D eigenvalue weighted by Gasteiger charge is -2.24. The van der Waals surface area contributed by atoms with Crippen molar-refractivity contribution in [3.05, 3.63) is 131 Å². The Kier molecular flexibility index (Phi) is 6.51. The Morgan fingerprint density at radius 3 is 2.38 bits per heavy atom. The third-order valence-electron chi connectivity index (χ3n) is 6.21. The molecule has 0 bridgehead atoms. The quantitative estimate of drug-likeness (QED) is 0.210. The predicted molar refractivity (Wildman–Crippen MR) is 137 cm³/mol. The highest BCUT2D eigenvalue weighted by molar-refractivity contribution is 6.51. The van der Waals surface area contributed by atoms with Crippen LogP contribution in [0.3, 0.4) is 0 Å². The van der Waals surface area contributed by atoms with Crippen LogP contribution in [-0.2, 0) is 16.2 Å². The van der Waals surface area contributed by atoms with Gasteiger partial charge in [0.1, 0.15) is 30.0 Å². The molecule has 1 unspecified atom stereocenters. The van der Waals surface area contributed by atoms with Crippen LogP contribution < -0.4 is 9.64 Å². The Labute approximate surface area is 213 Å². The molecule has 3 aromatic carbocycles. The Morgan fingerprint density at radius 1 is 0.973 bits per heavy atom. The number of benzene rings is 3. The van der Waals surface area contributed by atoms with Gasteiger partial charge in [0.2, 0.25) is 0 Å². The van der Waals surface area contributed by atoms with Gasteiger partial charge in [0.25, 0.3) is 11.7 Å². The first-order valence-corrected chi connectivity index (χ1v) is 11.7. The van der Waals surface area contributed by atoms with Gasteiger partial charge in [0, 0.05) is 17.4 Å². The molecule has 37 heavy (non-hydrogen) atoms. The number of rotatable bonds is 6. The summed E-state index contributed by atoms with van der Waals surface area (Å²) < 4.78 is 19.7. The maximum absolute atomic E-state index is 13.8. The van der Waals surface area contributed by atoms with Crippen molar-refractivity contribution in [2.75, 3.05) is 4.90 Å². The minimum absolute atomic E-state index is 0.112. The average Bonchev–Trinajstić information content (AvgIpc) is 3.20. The number of ketones is 1. The van der Waals surface area contributed by atoms with Crippen LogP contribution in [0.2, 0.25) is 0 Å². The van der Waals surface area contributed by atoms with E-state index in [4.69, 9.17) is 4.74 Å². The second-order valence-corrected chi connectivity index (χ2v) is 8.66. The number of ether oxygens (including phenoxy) is 1. The number of pyridine rings is 1. The van der Waals surface area contributed by atoms with E-state index in [1.54, 1.807) is 55.6 Å². The first kappa shape index (κ1) is 23.9. The first-order chi connectivity index (χ1) is 17.9. The molecule has 5 rings (SSSR count). The number of halogens is 1. The number of carbonyl (C=O) groups is 2. The van der Waals surface area contributed by atoms with Gasteiger partial charge in [-0.2, -0.15) is 0 Å². The third kappa shape index (κ3) is 4.71. The fourth-order valence-electron chi connectivity index (χ4n) is 4.31. The number of hydrogen-bond donors (Lipinski definition) is 1. The molecular weight excluding hydrogens is 471 g/mol. The van der Waals surface area contributed by atoms with Gasteiger partial charge in [-0.3, -0.25) is 19.5 Å². The molecule has 7 heteroatoms. The van der Waals surface area contributed by atoms with Crippen molar-refractivity contribution in [1.29, 1.82) is 0 Å². The van der Waals surface area contributed by atoms with Gasteiger partial charge >= 0.3 is 0 Å². The maximum Gasteiger partial charge on any atom is 0.300 e. The van der Waals surface area contributed by atoms with E-state index in [9.17, 15) is 19.1 Å². The van der Waals surface area contributed by atoms with Gasteiger partial charge in [-0.05, 0) is 72.6 Å². The van der Waals surface area contributed by atoms with Crippen LogP contribution in [-0.4, -0.2) is 21.8 Å². The summed E-state index contributed by atoms with van der Waals surface area (Å²) in [5.74, 6) is -1.87. The number of aryl methyl sites for hydroxylation is 1. The van der Waals surface area contributed by atoms with Crippen molar-refractivity contribution in [3.8, 4) is 5.75 Å². The molecule has 0 spiro atoms. The second kappa shape index (κ2) is 10.1. The number of aliphatic hydroxyl groups is 1. The molecule has 1 aliphatic rings. The average molecular weight is 495 g/mol. The lowest BCUT2D eigenvalue weighted by atomic mass is 9.97. The summed E-state index contributed by atoms with van der Waals surface area (Å²) in [5, 5.41) is 11.2. The molecule has 1 N–H and O–H groups in total. The number of hydrogen-bond acceptors (Lipinski definition) is 5. The summed E-state index contributed by atoms with van der Waals surface area (Å²) in [6.07, 6.45) is 1.55.